The summed E-state index contributed by atoms with van der Waals surface area (Å²) in [6, 6.07) is 14.7. The molecule has 0 aromatic heterocycles. The number of likely N-dealkylation sites (N-methyl/N-ethyl adjacent to an activating group) is 1. The van der Waals surface area contributed by atoms with E-state index >= 15 is 0 Å². The number of halogens is 2. The third-order valence-electron chi connectivity index (χ3n) is 6.26. The second-order valence-electron chi connectivity index (χ2n) is 7.96. The standard InChI is InChI=1S/C22H26ClFN2/c1-14-13-26(15(2)12-25(14)3)22-11-20(16-4-7-18(24)8-5-16)19-9-6-17(23)10-21(19)22/h4-10,14-15,20,22H,11-13H2,1-3H3. The van der Waals surface area contributed by atoms with Crippen molar-refractivity contribution in [3.8, 4) is 0 Å². The van der Waals surface area contributed by atoms with Crippen molar-refractivity contribution in [3.63, 3.8) is 0 Å². The van der Waals surface area contributed by atoms with Gasteiger partial charge in [-0.1, -0.05) is 29.8 Å². The Kier molecular flexibility index (Phi) is 4.81. The molecule has 0 bridgehead atoms. The zero-order valence-corrected chi connectivity index (χ0v) is 16.4. The highest BCUT2D eigenvalue weighted by Crippen LogP contribution is 2.48. The van der Waals surface area contributed by atoms with E-state index in [1.54, 1.807) is 12.1 Å². The van der Waals surface area contributed by atoms with Gasteiger partial charge in [0.15, 0.2) is 0 Å². The van der Waals surface area contributed by atoms with Crippen LogP contribution < -0.4 is 0 Å². The van der Waals surface area contributed by atoms with Crippen LogP contribution in [0, 0.1) is 5.82 Å². The van der Waals surface area contributed by atoms with Gasteiger partial charge in [-0.15, -0.1) is 0 Å². The van der Waals surface area contributed by atoms with Crippen LogP contribution in [-0.2, 0) is 0 Å². The summed E-state index contributed by atoms with van der Waals surface area (Å²) in [4.78, 5) is 5.08. The summed E-state index contributed by atoms with van der Waals surface area (Å²) in [7, 11) is 2.21. The molecule has 1 heterocycles. The summed E-state index contributed by atoms with van der Waals surface area (Å²) < 4.78 is 13.4. The summed E-state index contributed by atoms with van der Waals surface area (Å²) in [5, 5.41) is 0.795. The average Bonchev–Trinajstić information content (AvgIpc) is 2.97. The fourth-order valence-corrected chi connectivity index (χ4v) is 4.89. The Hall–Kier alpha value is -1.42. The van der Waals surface area contributed by atoms with Crippen molar-refractivity contribution in [3.05, 3.63) is 70.0 Å². The Balaban J connectivity index is 1.71. The lowest BCUT2D eigenvalue weighted by Gasteiger charge is -2.45. The Morgan fingerprint density at radius 1 is 0.962 bits per heavy atom. The van der Waals surface area contributed by atoms with Crippen molar-refractivity contribution in [2.75, 3.05) is 20.1 Å². The predicted octanol–water partition coefficient (Wildman–Crippen LogP) is 5.08. The van der Waals surface area contributed by atoms with Crippen molar-refractivity contribution < 1.29 is 4.39 Å². The Morgan fingerprint density at radius 3 is 2.42 bits per heavy atom. The lowest BCUT2D eigenvalue weighted by Crippen LogP contribution is -2.55. The molecule has 2 nitrogen and oxygen atoms in total. The minimum atomic E-state index is -0.179. The van der Waals surface area contributed by atoms with E-state index < -0.39 is 0 Å². The Bertz CT molecular complexity index is 791. The number of benzene rings is 2. The third-order valence-corrected chi connectivity index (χ3v) is 6.50. The van der Waals surface area contributed by atoms with Crippen LogP contribution in [0.25, 0.3) is 0 Å². The highest BCUT2D eigenvalue weighted by atomic mass is 35.5. The average molecular weight is 373 g/mol. The highest BCUT2D eigenvalue weighted by Gasteiger charge is 2.39. The van der Waals surface area contributed by atoms with Crippen molar-refractivity contribution in [1.82, 2.24) is 9.80 Å². The molecule has 0 saturated carbocycles. The second-order valence-corrected chi connectivity index (χ2v) is 8.40. The molecular formula is C22H26ClFN2. The molecular weight excluding hydrogens is 347 g/mol. The van der Waals surface area contributed by atoms with Gasteiger partial charge in [0, 0.05) is 42.2 Å². The van der Waals surface area contributed by atoms with Gasteiger partial charge in [0.05, 0.1) is 0 Å². The lowest BCUT2D eigenvalue weighted by molar-refractivity contribution is 0.0271. The number of nitrogens with zero attached hydrogens (tertiary/aromatic N) is 2. The van der Waals surface area contributed by atoms with Crippen LogP contribution in [0.2, 0.25) is 5.02 Å². The Morgan fingerprint density at radius 2 is 1.69 bits per heavy atom. The molecule has 1 aliphatic heterocycles. The smallest absolute Gasteiger partial charge is 0.123 e. The van der Waals surface area contributed by atoms with Gasteiger partial charge < -0.3 is 4.90 Å². The fraction of sp³-hybridized carbons (Fsp3) is 0.455. The summed E-state index contributed by atoms with van der Waals surface area (Å²) in [5.41, 5.74) is 3.87. The molecule has 4 atom stereocenters. The maximum Gasteiger partial charge on any atom is 0.123 e. The summed E-state index contributed by atoms with van der Waals surface area (Å²) in [6.45, 7) is 6.75. The monoisotopic (exact) mass is 372 g/mol. The van der Waals surface area contributed by atoms with Gasteiger partial charge in [0.2, 0.25) is 0 Å². The fourth-order valence-electron chi connectivity index (χ4n) is 4.71. The van der Waals surface area contributed by atoms with Gasteiger partial charge in [-0.05, 0) is 68.3 Å². The normalized spacial score (nSPS) is 29.7. The van der Waals surface area contributed by atoms with Crippen molar-refractivity contribution in [2.45, 2.75) is 44.3 Å². The topological polar surface area (TPSA) is 6.48 Å². The molecule has 0 N–H and O–H groups in total. The van der Waals surface area contributed by atoms with Crippen LogP contribution >= 0.6 is 11.6 Å². The summed E-state index contributed by atoms with van der Waals surface area (Å²) >= 11 is 6.35. The van der Waals surface area contributed by atoms with Crippen molar-refractivity contribution in [2.24, 2.45) is 0 Å². The van der Waals surface area contributed by atoms with E-state index in [1.807, 2.05) is 18.2 Å². The molecule has 0 amide bonds. The molecule has 2 aromatic rings. The molecule has 1 aliphatic carbocycles. The maximum absolute atomic E-state index is 13.4. The molecule has 4 rings (SSSR count). The number of piperazine rings is 1. The van der Waals surface area contributed by atoms with Gasteiger partial charge in [-0.25, -0.2) is 4.39 Å². The van der Waals surface area contributed by atoms with Gasteiger partial charge in [-0.2, -0.15) is 0 Å². The van der Waals surface area contributed by atoms with Crippen LogP contribution in [0.4, 0.5) is 4.39 Å². The first-order chi connectivity index (χ1) is 12.4. The summed E-state index contributed by atoms with van der Waals surface area (Å²) in [6.07, 6.45) is 1.03. The van der Waals surface area contributed by atoms with E-state index in [9.17, 15) is 4.39 Å². The lowest BCUT2D eigenvalue weighted by atomic mass is 9.93. The molecule has 26 heavy (non-hydrogen) atoms. The molecule has 1 saturated heterocycles. The number of hydrogen-bond donors (Lipinski definition) is 0. The van der Waals surface area contributed by atoms with Crippen LogP contribution in [0.3, 0.4) is 0 Å². The molecule has 1 fully saturated rings. The molecule has 2 aromatic carbocycles. The third kappa shape index (κ3) is 3.17. The molecule has 138 valence electrons. The van der Waals surface area contributed by atoms with Crippen LogP contribution in [0.5, 0.6) is 0 Å². The zero-order valence-electron chi connectivity index (χ0n) is 15.6. The summed E-state index contributed by atoms with van der Waals surface area (Å²) in [5.74, 6) is 0.121. The van der Waals surface area contributed by atoms with E-state index in [-0.39, 0.29) is 5.82 Å². The Labute approximate surface area is 160 Å². The first kappa shape index (κ1) is 18.0. The van der Waals surface area contributed by atoms with E-state index in [1.165, 1.54) is 16.7 Å². The minimum absolute atomic E-state index is 0.179. The van der Waals surface area contributed by atoms with Crippen LogP contribution in [0.1, 0.15) is 48.9 Å². The second kappa shape index (κ2) is 6.95. The first-order valence-corrected chi connectivity index (χ1v) is 9.82. The SMILES string of the molecule is CC1CN(C2CC(c3ccc(F)cc3)c3ccc(Cl)cc32)C(C)CN1C. The van der Waals surface area contributed by atoms with Crippen LogP contribution in [0.15, 0.2) is 42.5 Å². The van der Waals surface area contributed by atoms with Crippen molar-refractivity contribution in [1.29, 1.82) is 0 Å². The maximum atomic E-state index is 13.4. The van der Waals surface area contributed by atoms with Gasteiger partial charge >= 0.3 is 0 Å². The molecule has 0 radical (unpaired) electrons. The van der Waals surface area contributed by atoms with Crippen LogP contribution in [-0.4, -0.2) is 42.0 Å². The molecule has 4 unspecified atom stereocenters. The quantitative estimate of drug-likeness (QED) is 0.725. The van der Waals surface area contributed by atoms with Gasteiger partial charge in [0.1, 0.15) is 5.82 Å². The molecule has 0 spiro atoms. The molecule has 2 aliphatic rings. The van der Waals surface area contributed by atoms with E-state index in [4.69, 9.17) is 11.6 Å². The van der Waals surface area contributed by atoms with E-state index in [0.29, 0.717) is 24.0 Å². The van der Waals surface area contributed by atoms with E-state index in [2.05, 4.69) is 42.8 Å². The van der Waals surface area contributed by atoms with Gasteiger partial charge in [0.25, 0.3) is 0 Å². The predicted molar refractivity (Wildman–Crippen MR) is 105 cm³/mol. The number of rotatable bonds is 2. The zero-order chi connectivity index (χ0) is 18.4. The number of hydrogen-bond acceptors (Lipinski definition) is 2. The minimum Gasteiger partial charge on any atom is -0.301 e. The highest BCUT2D eigenvalue weighted by molar-refractivity contribution is 6.30. The largest absolute Gasteiger partial charge is 0.301 e. The van der Waals surface area contributed by atoms with E-state index in [0.717, 1.165) is 24.5 Å². The first-order valence-electron chi connectivity index (χ1n) is 9.45. The van der Waals surface area contributed by atoms with Crippen molar-refractivity contribution >= 4 is 11.6 Å². The molecule has 4 heteroatoms. The number of fused-ring (bicyclic) bond motifs is 1. The van der Waals surface area contributed by atoms with Gasteiger partial charge in [-0.3, -0.25) is 4.90 Å².